The molecule has 1 aromatic carbocycles. The standard InChI is InChI=1S/C13H18Cl2N2O2.C6H10O7/c14-5-7-17(8-6-15)11-3-1-10(2-4-11)9-12(16)13(18)19;7-1-2(8)3(9)4(10)5(11)6(12)13/h1-4,12H,5-9,16H2,(H,18,19);1-5,8-11H,(H,12,13)/t12-;2-,3+,4-,5-/m00/s1. The van der Waals surface area contributed by atoms with Gasteiger partial charge < -0.3 is 46.1 Å². The molecule has 0 aliphatic rings. The Balaban J connectivity index is 0.000000649. The quantitative estimate of drug-likeness (QED) is 0.125. The lowest BCUT2D eigenvalue weighted by molar-refractivity contribution is -0.163. The first-order chi connectivity index (χ1) is 15.0. The van der Waals surface area contributed by atoms with Crippen LogP contribution in [-0.4, -0.2) is 104 Å². The van der Waals surface area contributed by atoms with Gasteiger partial charge in [-0.15, -0.1) is 23.2 Å². The van der Waals surface area contributed by atoms with Crippen molar-refractivity contribution >= 4 is 47.1 Å². The number of aldehydes is 1. The van der Waals surface area contributed by atoms with E-state index in [1.54, 1.807) is 0 Å². The number of rotatable bonds is 13. The van der Waals surface area contributed by atoms with E-state index in [2.05, 4.69) is 4.90 Å². The molecule has 0 spiro atoms. The van der Waals surface area contributed by atoms with Crippen LogP contribution in [-0.2, 0) is 20.8 Å². The Morgan fingerprint density at radius 3 is 1.81 bits per heavy atom. The minimum atomic E-state index is -2.25. The molecule has 0 fully saturated rings. The zero-order valence-electron chi connectivity index (χ0n) is 17.0. The number of alkyl halides is 2. The number of nitrogens with two attached hydrogens (primary N) is 1. The number of hydrogen-bond donors (Lipinski definition) is 7. The van der Waals surface area contributed by atoms with Crippen LogP contribution in [0, 0.1) is 0 Å². The van der Waals surface area contributed by atoms with E-state index in [0.29, 0.717) is 18.2 Å². The Hall–Kier alpha value is -1.99. The molecular formula is C19H28Cl2N2O9. The van der Waals surface area contributed by atoms with Gasteiger partial charge in [-0.1, -0.05) is 12.1 Å². The van der Waals surface area contributed by atoms with Gasteiger partial charge in [0, 0.05) is 30.5 Å². The van der Waals surface area contributed by atoms with Crippen molar-refractivity contribution in [2.24, 2.45) is 5.73 Å². The summed E-state index contributed by atoms with van der Waals surface area (Å²) in [5, 5.41) is 52.0. The highest BCUT2D eigenvalue weighted by atomic mass is 35.5. The number of benzene rings is 1. The number of carboxylic acids is 2. The molecule has 0 heterocycles. The van der Waals surface area contributed by atoms with Gasteiger partial charge in [0.15, 0.2) is 12.4 Å². The molecule has 0 saturated carbocycles. The maximum absolute atomic E-state index is 10.7. The summed E-state index contributed by atoms with van der Waals surface area (Å²) in [4.78, 5) is 32.7. The van der Waals surface area contributed by atoms with Crippen molar-refractivity contribution in [3.8, 4) is 0 Å². The molecule has 182 valence electrons. The van der Waals surface area contributed by atoms with Gasteiger partial charge in [0.1, 0.15) is 24.4 Å². The fourth-order valence-electron chi connectivity index (χ4n) is 2.37. The Kier molecular flexibility index (Phi) is 14.8. The molecule has 11 nitrogen and oxygen atoms in total. The number of anilines is 1. The zero-order valence-corrected chi connectivity index (χ0v) is 18.5. The lowest BCUT2D eigenvalue weighted by Crippen LogP contribution is -2.48. The van der Waals surface area contributed by atoms with Crippen LogP contribution < -0.4 is 10.6 Å². The van der Waals surface area contributed by atoms with Crippen molar-refractivity contribution < 1.29 is 45.0 Å². The summed E-state index contributed by atoms with van der Waals surface area (Å²) in [5.41, 5.74) is 7.42. The second-order valence-corrected chi connectivity index (χ2v) is 7.33. The normalized spacial score (nSPS) is 15.3. The van der Waals surface area contributed by atoms with Crippen LogP contribution in [0.2, 0.25) is 0 Å². The van der Waals surface area contributed by atoms with Crippen LogP contribution in [0.5, 0.6) is 0 Å². The molecule has 0 amide bonds. The molecule has 13 heteroatoms. The van der Waals surface area contributed by atoms with E-state index in [1.165, 1.54) is 0 Å². The van der Waals surface area contributed by atoms with Crippen molar-refractivity contribution in [1.82, 2.24) is 0 Å². The Bertz CT molecular complexity index is 703. The Morgan fingerprint density at radius 1 is 0.938 bits per heavy atom. The van der Waals surface area contributed by atoms with E-state index in [1.807, 2.05) is 24.3 Å². The summed E-state index contributed by atoms with van der Waals surface area (Å²) in [6, 6.07) is 6.76. The topological polar surface area (TPSA) is 202 Å². The molecule has 8 N–H and O–H groups in total. The summed E-state index contributed by atoms with van der Waals surface area (Å²) < 4.78 is 0. The molecule has 32 heavy (non-hydrogen) atoms. The van der Waals surface area contributed by atoms with Crippen molar-refractivity contribution in [2.45, 2.75) is 36.9 Å². The average molecular weight is 499 g/mol. The lowest BCUT2D eigenvalue weighted by atomic mass is 10.0. The highest BCUT2D eigenvalue weighted by Gasteiger charge is 2.34. The van der Waals surface area contributed by atoms with E-state index in [4.69, 9.17) is 59.6 Å². The summed E-state index contributed by atoms with van der Waals surface area (Å²) in [6.45, 7) is 1.45. The third-order valence-corrected chi connectivity index (χ3v) is 4.54. The molecule has 0 aliphatic heterocycles. The number of nitrogens with zero attached hydrogens (tertiary/aromatic N) is 1. The predicted octanol–water partition coefficient (Wildman–Crippen LogP) is -1.36. The molecule has 0 bridgehead atoms. The van der Waals surface area contributed by atoms with Crippen LogP contribution in [0.4, 0.5) is 5.69 Å². The number of aliphatic hydroxyl groups excluding tert-OH is 4. The van der Waals surface area contributed by atoms with Crippen LogP contribution in [0.3, 0.4) is 0 Å². The number of halogens is 2. The van der Waals surface area contributed by atoms with Crippen LogP contribution in [0.25, 0.3) is 0 Å². The molecule has 0 aliphatic carbocycles. The van der Waals surface area contributed by atoms with Gasteiger partial charge in [0.05, 0.1) is 0 Å². The second-order valence-electron chi connectivity index (χ2n) is 6.57. The fraction of sp³-hybridized carbons (Fsp3) is 0.526. The first kappa shape index (κ1) is 30.0. The van der Waals surface area contributed by atoms with Crippen molar-refractivity contribution in [1.29, 1.82) is 0 Å². The summed E-state index contributed by atoms with van der Waals surface area (Å²) >= 11 is 11.5. The minimum absolute atomic E-state index is 0.0809. The van der Waals surface area contributed by atoms with Gasteiger partial charge in [0.2, 0.25) is 0 Å². The van der Waals surface area contributed by atoms with Gasteiger partial charge in [-0.3, -0.25) is 4.79 Å². The predicted molar refractivity (Wildman–Crippen MR) is 117 cm³/mol. The van der Waals surface area contributed by atoms with E-state index >= 15 is 0 Å². The minimum Gasteiger partial charge on any atom is -0.480 e. The Morgan fingerprint density at radius 2 is 1.44 bits per heavy atom. The molecule has 1 rings (SSSR count). The zero-order chi connectivity index (χ0) is 24.8. The van der Waals surface area contributed by atoms with Gasteiger partial charge in [-0.05, 0) is 24.1 Å². The lowest BCUT2D eigenvalue weighted by Gasteiger charge is -2.23. The summed E-state index contributed by atoms with van der Waals surface area (Å²) in [5.74, 6) is -1.69. The third-order valence-electron chi connectivity index (χ3n) is 4.20. The fourth-order valence-corrected chi connectivity index (χ4v) is 2.78. The van der Waals surface area contributed by atoms with E-state index in [9.17, 15) is 14.4 Å². The smallest absolute Gasteiger partial charge is 0.335 e. The van der Waals surface area contributed by atoms with Crippen molar-refractivity contribution in [2.75, 3.05) is 29.7 Å². The SMILES string of the molecule is N[C@@H](Cc1ccc(N(CCCl)CCCl)cc1)C(=O)O.O=C[C@H](O)[C@@H](O)[C@H](O)[C@H](O)C(=O)O. The molecule has 0 saturated heterocycles. The first-order valence-electron chi connectivity index (χ1n) is 9.34. The van der Waals surface area contributed by atoms with Gasteiger partial charge in [-0.2, -0.15) is 0 Å². The number of hydrogen-bond acceptors (Lipinski definition) is 9. The highest BCUT2D eigenvalue weighted by molar-refractivity contribution is 6.18. The number of carbonyl (C=O) groups excluding carboxylic acids is 1. The molecule has 0 unspecified atom stereocenters. The van der Waals surface area contributed by atoms with E-state index < -0.39 is 42.4 Å². The van der Waals surface area contributed by atoms with Gasteiger partial charge in [-0.25, -0.2) is 4.79 Å². The first-order valence-corrected chi connectivity index (χ1v) is 10.4. The maximum atomic E-state index is 10.7. The number of aliphatic carboxylic acids is 2. The third kappa shape index (κ3) is 10.6. The van der Waals surface area contributed by atoms with Gasteiger partial charge in [0.25, 0.3) is 0 Å². The highest BCUT2D eigenvalue weighted by Crippen LogP contribution is 2.16. The molecule has 0 radical (unpaired) electrons. The number of carbonyl (C=O) groups is 3. The van der Waals surface area contributed by atoms with Crippen molar-refractivity contribution in [3.05, 3.63) is 29.8 Å². The van der Waals surface area contributed by atoms with Crippen LogP contribution >= 0.6 is 23.2 Å². The number of carboxylic acid groups (broad SMARTS) is 2. The maximum Gasteiger partial charge on any atom is 0.335 e. The Labute approximate surface area is 194 Å². The van der Waals surface area contributed by atoms with E-state index in [-0.39, 0.29) is 6.29 Å². The van der Waals surface area contributed by atoms with Crippen LogP contribution in [0.1, 0.15) is 5.56 Å². The molecule has 0 aromatic heterocycles. The van der Waals surface area contributed by atoms with Crippen LogP contribution in [0.15, 0.2) is 24.3 Å². The summed E-state index contributed by atoms with van der Waals surface area (Å²) in [7, 11) is 0. The second kappa shape index (κ2) is 15.8. The monoisotopic (exact) mass is 498 g/mol. The summed E-state index contributed by atoms with van der Waals surface area (Å²) in [6.07, 6.45) is -8.07. The largest absolute Gasteiger partial charge is 0.480 e. The van der Waals surface area contributed by atoms with Crippen molar-refractivity contribution in [3.63, 3.8) is 0 Å². The molecule has 1 aromatic rings. The molecule has 5 atom stereocenters. The van der Waals surface area contributed by atoms with E-state index in [0.717, 1.165) is 24.3 Å². The van der Waals surface area contributed by atoms with Gasteiger partial charge >= 0.3 is 11.9 Å². The number of aliphatic hydroxyl groups is 4. The molecular weight excluding hydrogens is 471 g/mol. The average Bonchev–Trinajstić information content (AvgIpc) is 2.77.